The molecule has 2 aliphatic rings. The number of amides is 2. The van der Waals surface area contributed by atoms with Gasteiger partial charge in [0, 0.05) is 18.8 Å². The molecule has 6 heteroatoms. The van der Waals surface area contributed by atoms with Crippen LogP contribution in [0.5, 0.6) is 0 Å². The van der Waals surface area contributed by atoms with Crippen LogP contribution in [0.1, 0.15) is 80.4 Å². The van der Waals surface area contributed by atoms with Gasteiger partial charge in [0.05, 0.1) is 12.1 Å². The largest absolute Gasteiger partial charge is 0.353 e. The molecule has 4 rings (SSSR count). The Balaban J connectivity index is 1.39. The van der Waals surface area contributed by atoms with E-state index in [2.05, 4.69) is 15.6 Å². The summed E-state index contributed by atoms with van der Waals surface area (Å²) in [6.07, 6.45) is 14.1. The van der Waals surface area contributed by atoms with Crippen LogP contribution in [0.2, 0.25) is 0 Å². The lowest BCUT2D eigenvalue weighted by Crippen LogP contribution is -2.37. The molecular weight excluding hydrogens is 364 g/mol. The van der Waals surface area contributed by atoms with E-state index < -0.39 is 0 Å². The van der Waals surface area contributed by atoms with Crippen molar-refractivity contribution in [2.45, 2.75) is 76.7 Å². The van der Waals surface area contributed by atoms with E-state index in [0.717, 1.165) is 19.4 Å². The van der Waals surface area contributed by atoms with Gasteiger partial charge in [-0.25, -0.2) is 4.98 Å². The second-order valence-corrected chi connectivity index (χ2v) is 8.66. The van der Waals surface area contributed by atoms with Crippen molar-refractivity contribution in [3.05, 3.63) is 35.8 Å². The Kier molecular flexibility index (Phi) is 6.47. The third kappa shape index (κ3) is 5.17. The van der Waals surface area contributed by atoms with Crippen LogP contribution >= 0.6 is 0 Å². The van der Waals surface area contributed by atoms with Crippen molar-refractivity contribution >= 4 is 17.5 Å². The van der Waals surface area contributed by atoms with E-state index in [4.69, 9.17) is 0 Å². The molecule has 6 nitrogen and oxygen atoms in total. The maximum atomic E-state index is 12.8. The van der Waals surface area contributed by atoms with E-state index in [1.165, 1.54) is 51.4 Å². The van der Waals surface area contributed by atoms with Gasteiger partial charge in [0.15, 0.2) is 0 Å². The summed E-state index contributed by atoms with van der Waals surface area (Å²) < 4.78 is 1.80. The highest BCUT2D eigenvalue weighted by Crippen LogP contribution is 2.23. The van der Waals surface area contributed by atoms with Gasteiger partial charge in [-0.3, -0.25) is 14.0 Å². The van der Waals surface area contributed by atoms with Crippen LogP contribution in [0.25, 0.3) is 5.65 Å². The van der Waals surface area contributed by atoms with Crippen LogP contribution in [0.15, 0.2) is 24.4 Å². The topological polar surface area (TPSA) is 75.5 Å². The lowest BCUT2D eigenvalue weighted by molar-refractivity contribution is -0.121. The van der Waals surface area contributed by atoms with Crippen molar-refractivity contribution < 1.29 is 9.59 Å². The molecule has 156 valence electrons. The molecule has 2 N–H and O–H groups in total. The minimum atomic E-state index is -0.0724. The maximum absolute atomic E-state index is 12.8. The first-order valence-corrected chi connectivity index (χ1v) is 11.2. The number of rotatable bonds is 6. The van der Waals surface area contributed by atoms with Crippen LogP contribution in [0.3, 0.4) is 0 Å². The van der Waals surface area contributed by atoms with Crippen molar-refractivity contribution in [1.82, 2.24) is 20.0 Å². The van der Waals surface area contributed by atoms with Crippen molar-refractivity contribution in [1.29, 1.82) is 0 Å². The summed E-state index contributed by atoms with van der Waals surface area (Å²) in [7, 11) is 0. The van der Waals surface area contributed by atoms with E-state index in [0.29, 0.717) is 29.0 Å². The highest BCUT2D eigenvalue weighted by Gasteiger charge is 2.19. The SMILES string of the molecule is O=C(Cc1cn2c(C(=O)NCC3CCCCC3)cccc2n1)NC1CCCCC1. The predicted molar refractivity (Wildman–Crippen MR) is 113 cm³/mol. The Hall–Kier alpha value is -2.37. The van der Waals surface area contributed by atoms with Crippen molar-refractivity contribution in [2.75, 3.05) is 6.54 Å². The van der Waals surface area contributed by atoms with Crippen molar-refractivity contribution in [3.63, 3.8) is 0 Å². The van der Waals surface area contributed by atoms with Gasteiger partial charge < -0.3 is 10.6 Å². The van der Waals surface area contributed by atoms with E-state index in [1.807, 2.05) is 24.4 Å². The van der Waals surface area contributed by atoms with Gasteiger partial charge in [-0.15, -0.1) is 0 Å². The summed E-state index contributed by atoms with van der Waals surface area (Å²) >= 11 is 0. The van der Waals surface area contributed by atoms with E-state index in [9.17, 15) is 9.59 Å². The average Bonchev–Trinajstić information content (AvgIpc) is 3.15. The number of pyridine rings is 1. The van der Waals surface area contributed by atoms with Crippen LogP contribution in [-0.4, -0.2) is 33.8 Å². The number of hydrogen-bond acceptors (Lipinski definition) is 3. The Morgan fingerprint density at radius 2 is 1.72 bits per heavy atom. The Morgan fingerprint density at radius 3 is 2.48 bits per heavy atom. The normalized spacial score (nSPS) is 18.6. The molecule has 0 aliphatic heterocycles. The molecule has 0 atom stereocenters. The fourth-order valence-electron chi connectivity index (χ4n) is 4.74. The molecule has 0 radical (unpaired) electrons. The van der Waals surface area contributed by atoms with Crippen LogP contribution < -0.4 is 10.6 Å². The molecule has 2 amide bonds. The van der Waals surface area contributed by atoms with Crippen LogP contribution in [0, 0.1) is 5.92 Å². The number of carbonyl (C=O) groups excluding carboxylic acids is 2. The third-order valence-corrected chi connectivity index (χ3v) is 6.36. The summed E-state index contributed by atoms with van der Waals surface area (Å²) in [6.45, 7) is 0.737. The molecule has 2 saturated carbocycles. The predicted octanol–water partition coefficient (Wildman–Crippen LogP) is 3.64. The summed E-state index contributed by atoms with van der Waals surface area (Å²) in [6, 6.07) is 5.84. The smallest absolute Gasteiger partial charge is 0.268 e. The van der Waals surface area contributed by atoms with E-state index in [-0.39, 0.29) is 18.2 Å². The first kappa shape index (κ1) is 19.9. The van der Waals surface area contributed by atoms with E-state index >= 15 is 0 Å². The zero-order valence-corrected chi connectivity index (χ0v) is 17.2. The number of hydrogen-bond donors (Lipinski definition) is 2. The molecule has 2 aliphatic carbocycles. The second kappa shape index (κ2) is 9.42. The van der Waals surface area contributed by atoms with Gasteiger partial charge in [-0.1, -0.05) is 44.6 Å². The molecule has 2 aromatic heterocycles. The Morgan fingerprint density at radius 1 is 1.00 bits per heavy atom. The monoisotopic (exact) mass is 396 g/mol. The fourth-order valence-corrected chi connectivity index (χ4v) is 4.74. The third-order valence-electron chi connectivity index (χ3n) is 6.36. The number of imidazole rings is 1. The Bertz CT molecular complexity index is 848. The lowest BCUT2D eigenvalue weighted by Gasteiger charge is -2.22. The zero-order valence-electron chi connectivity index (χ0n) is 17.2. The Labute approximate surface area is 172 Å². The minimum Gasteiger partial charge on any atom is -0.353 e. The summed E-state index contributed by atoms with van der Waals surface area (Å²) in [4.78, 5) is 29.7. The summed E-state index contributed by atoms with van der Waals surface area (Å²) in [5.41, 5.74) is 1.98. The van der Waals surface area contributed by atoms with Gasteiger partial charge >= 0.3 is 0 Å². The molecule has 2 heterocycles. The van der Waals surface area contributed by atoms with Gasteiger partial charge in [0.2, 0.25) is 5.91 Å². The molecule has 29 heavy (non-hydrogen) atoms. The number of nitrogens with zero attached hydrogens (tertiary/aromatic N) is 2. The zero-order chi connectivity index (χ0) is 20.1. The first-order valence-electron chi connectivity index (χ1n) is 11.2. The quantitative estimate of drug-likeness (QED) is 0.783. The lowest BCUT2D eigenvalue weighted by atomic mass is 9.89. The number of carbonyl (C=O) groups is 2. The standard InChI is InChI=1S/C23H32N4O2/c28-22(26-18-10-5-2-6-11-18)14-19-16-27-20(12-7-13-21(27)25-19)23(29)24-15-17-8-3-1-4-9-17/h7,12-13,16-18H,1-6,8-11,14-15H2,(H,24,29)(H,26,28). The molecule has 2 fully saturated rings. The molecule has 0 spiro atoms. The van der Waals surface area contributed by atoms with Gasteiger partial charge in [-0.2, -0.15) is 0 Å². The van der Waals surface area contributed by atoms with Gasteiger partial charge in [-0.05, 0) is 43.7 Å². The average molecular weight is 397 g/mol. The molecule has 2 aromatic rings. The fraction of sp³-hybridized carbons (Fsp3) is 0.609. The molecule has 0 aromatic carbocycles. The minimum absolute atomic E-state index is 0.0172. The molecule has 0 bridgehead atoms. The highest BCUT2D eigenvalue weighted by atomic mass is 16.2. The number of aromatic nitrogens is 2. The van der Waals surface area contributed by atoms with Gasteiger partial charge in [0.1, 0.15) is 11.3 Å². The van der Waals surface area contributed by atoms with Crippen LogP contribution in [-0.2, 0) is 11.2 Å². The summed E-state index contributed by atoms with van der Waals surface area (Å²) in [5, 5.41) is 6.24. The number of fused-ring (bicyclic) bond motifs is 1. The molecule has 0 unspecified atom stereocenters. The summed E-state index contributed by atoms with van der Waals surface area (Å²) in [5.74, 6) is 0.536. The number of nitrogens with one attached hydrogen (secondary N) is 2. The van der Waals surface area contributed by atoms with Crippen molar-refractivity contribution in [3.8, 4) is 0 Å². The van der Waals surface area contributed by atoms with Crippen molar-refractivity contribution in [2.24, 2.45) is 5.92 Å². The highest BCUT2D eigenvalue weighted by molar-refractivity contribution is 5.93. The molecular formula is C23H32N4O2. The van der Waals surface area contributed by atoms with E-state index in [1.54, 1.807) is 4.40 Å². The first-order chi connectivity index (χ1) is 14.2. The second-order valence-electron chi connectivity index (χ2n) is 8.66. The maximum Gasteiger partial charge on any atom is 0.268 e. The molecule has 0 saturated heterocycles. The van der Waals surface area contributed by atoms with Crippen LogP contribution in [0.4, 0.5) is 0 Å². The van der Waals surface area contributed by atoms with Gasteiger partial charge in [0.25, 0.3) is 5.91 Å².